The van der Waals surface area contributed by atoms with E-state index in [-0.39, 0.29) is 11.8 Å². The van der Waals surface area contributed by atoms with Gasteiger partial charge in [0.25, 0.3) is 5.91 Å². The fourth-order valence-electron chi connectivity index (χ4n) is 2.63. The summed E-state index contributed by atoms with van der Waals surface area (Å²) in [7, 11) is 1.62. The minimum absolute atomic E-state index is 0.157. The average molecular weight is 375 g/mol. The SMILES string of the molecule is COc1ccc(Nc2ccccc2NC(=O)c2ccc(NC(C)=O)cc2)cc1. The monoisotopic (exact) mass is 375 g/mol. The van der Waals surface area contributed by atoms with Gasteiger partial charge in [0.05, 0.1) is 18.5 Å². The van der Waals surface area contributed by atoms with Crippen molar-refractivity contribution in [1.82, 2.24) is 0 Å². The standard InChI is InChI=1S/C22H21N3O3/c1-15(26)23-17-9-7-16(8-10-17)22(27)25-21-6-4-3-5-20(21)24-18-11-13-19(28-2)14-12-18/h3-14,24H,1-2H3,(H,23,26)(H,25,27). The van der Waals surface area contributed by atoms with Gasteiger partial charge in [-0.15, -0.1) is 0 Å². The Balaban J connectivity index is 1.73. The number of ether oxygens (including phenoxy) is 1. The predicted octanol–water partition coefficient (Wildman–Crippen LogP) is 4.65. The minimum atomic E-state index is -0.238. The molecule has 142 valence electrons. The molecule has 0 bridgehead atoms. The number of nitrogens with one attached hydrogen (secondary N) is 3. The number of rotatable bonds is 6. The van der Waals surface area contributed by atoms with E-state index < -0.39 is 0 Å². The Morgan fingerprint density at radius 3 is 1.96 bits per heavy atom. The van der Waals surface area contributed by atoms with Crippen LogP contribution in [-0.4, -0.2) is 18.9 Å². The summed E-state index contributed by atoms with van der Waals surface area (Å²) in [5.74, 6) is 0.379. The molecule has 3 rings (SSSR count). The normalized spacial score (nSPS) is 10.1. The van der Waals surface area contributed by atoms with E-state index in [2.05, 4.69) is 16.0 Å². The highest BCUT2D eigenvalue weighted by molar-refractivity contribution is 6.06. The van der Waals surface area contributed by atoms with Gasteiger partial charge >= 0.3 is 0 Å². The van der Waals surface area contributed by atoms with Crippen molar-refractivity contribution in [2.75, 3.05) is 23.1 Å². The summed E-state index contributed by atoms with van der Waals surface area (Å²) in [5, 5.41) is 8.89. The Morgan fingerprint density at radius 2 is 1.36 bits per heavy atom. The van der Waals surface area contributed by atoms with Gasteiger partial charge in [-0.2, -0.15) is 0 Å². The third-order valence-electron chi connectivity index (χ3n) is 4.01. The number of carbonyl (C=O) groups excluding carboxylic acids is 2. The van der Waals surface area contributed by atoms with Crippen LogP contribution >= 0.6 is 0 Å². The molecule has 2 amide bonds. The molecule has 0 fully saturated rings. The molecule has 3 aromatic rings. The van der Waals surface area contributed by atoms with E-state index in [0.717, 1.165) is 17.1 Å². The molecule has 0 radical (unpaired) electrons. The first kappa shape index (κ1) is 19.0. The van der Waals surface area contributed by atoms with Gasteiger partial charge in [-0.1, -0.05) is 12.1 Å². The van der Waals surface area contributed by atoms with E-state index in [1.807, 2.05) is 48.5 Å². The Labute approximate surface area is 163 Å². The second-order valence-corrected chi connectivity index (χ2v) is 6.11. The first-order chi connectivity index (χ1) is 13.5. The van der Waals surface area contributed by atoms with Crippen molar-refractivity contribution < 1.29 is 14.3 Å². The van der Waals surface area contributed by atoms with E-state index in [0.29, 0.717) is 16.9 Å². The zero-order valence-electron chi connectivity index (χ0n) is 15.7. The molecule has 0 atom stereocenters. The molecule has 0 heterocycles. The molecular formula is C22H21N3O3. The van der Waals surface area contributed by atoms with Crippen molar-refractivity contribution in [2.24, 2.45) is 0 Å². The minimum Gasteiger partial charge on any atom is -0.497 e. The van der Waals surface area contributed by atoms with Crippen molar-refractivity contribution >= 4 is 34.6 Å². The first-order valence-electron chi connectivity index (χ1n) is 8.74. The molecular weight excluding hydrogens is 354 g/mol. The lowest BCUT2D eigenvalue weighted by Crippen LogP contribution is -2.13. The van der Waals surface area contributed by atoms with Crippen LogP contribution in [0.15, 0.2) is 72.8 Å². The van der Waals surface area contributed by atoms with Gasteiger partial charge in [0.15, 0.2) is 0 Å². The number of amides is 2. The molecule has 0 aliphatic heterocycles. The van der Waals surface area contributed by atoms with Crippen LogP contribution in [0.5, 0.6) is 5.75 Å². The molecule has 6 heteroatoms. The molecule has 3 N–H and O–H groups in total. The number of methoxy groups -OCH3 is 1. The van der Waals surface area contributed by atoms with Crippen molar-refractivity contribution in [2.45, 2.75) is 6.92 Å². The lowest BCUT2D eigenvalue weighted by atomic mass is 10.1. The highest BCUT2D eigenvalue weighted by Gasteiger charge is 2.10. The summed E-state index contributed by atoms with van der Waals surface area (Å²) in [6.07, 6.45) is 0. The molecule has 0 aliphatic rings. The number of benzene rings is 3. The maximum atomic E-state index is 12.6. The smallest absolute Gasteiger partial charge is 0.255 e. The molecule has 0 aliphatic carbocycles. The summed E-state index contributed by atoms with van der Waals surface area (Å²) < 4.78 is 5.17. The average Bonchev–Trinajstić information content (AvgIpc) is 2.70. The Bertz CT molecular complexity index is 967. The fourth-order valence-corrected chi connectivity index (χ4v) is 2.63. The van der Waals surface area contributed by atoms with Gasteiger partial charge in [0, 0.05) is 23.9 Å². The van der Waals surface area contributed by atoms with Crippen LogP contribution in [0.1, 0.15) is 17.3 Å². The van der Waals surface area contributed by atoms with Gasteiger partial charge in [-0.25, -0.2) is 0 Å². The Kier molecular flexibility index (Phi) is 5.91. The van der Waals surface area contributed by atoms with Crippen LogP contribution in [0.3, 0.4) is 0 Å². The third-order valence-corrected chi connectivity index (χ3v) is 4.01. The lowest BCUT2D eigenvalue weighted by molar-refractivity contribution is -0.114. The van der Waals surface area contributed by atoms with Crippen LogP contribution in [0, 0.1) is 0 Å². The predicted molar refractivity (Wildman–Crippen MR) is 111 cm³/mol. The summed E-state index contributed by atoms with van der Waals surface area (Å²) in [6, 6.07) is 21.7. The molecule has 28 heavy (non-hydrogen) atoms. The highest BCUT2D eigenvalue weighted by atomic mass is 16.5. The van der Waals surface area contributed by atoms with Gasteiger partial charge in [0.2, 0.25) is 5.91 Å². The Hall–Kier alpha value is -3.80. The summed E-state index contributed by atoms with van der Waals surface area (Å²) in [5.41, 5.74) is 3.45. The molecule has 0 saturated carbocycles. The van der Waals surface area contributed by atoms with Crippen molar-refractivity contribution in [3.63, 3.8) is 0 Å². The first-order valence-corrected chi connectivity index (χ1v) is 8.74. The van der Waals surface area contributed by atoms with E-state index >= 15 is 0 Å². The Morgan fingerprint density at radius 1 is 0.750 bits per heavy atom. The number of anilines is 4. The number of para-hydroxylation sites is 2. The van der Waals surface area contributed by atoms with E-state index in [9.17, 15) is 9.59 Å². The topological polar surface area (TPSA) is 79.5 Å². The van der Waals surface area contributed by atoms with Crippen LogP contribution in [0.2, 0.25) is 0 Å². The van der Waals surface area contributed by atoms with Crippen LogP contribution < -0.4 is 20.7 Å². The van der Waals surface area contributed by atoms with Crippen LogP contribution in [0.25, 0.3) is 0 Å². The van der Waals surface area contributed by atoms with Gasteiger partial charge in [-0.05, 0) is 60.7 Å². The van der Waals surface area contributed by atoms with E-state index in [4.69, 9.17) is 4.74 Å². The molecule has 0 unspecified atom stereocenters. The van der Waals surface area contributed by atoms with Crippen molar-refractivity contribution in [3.05, 3.63) is 78.4 Å². The van der Waals surface area contributed by atoms with Crippen molar-refractivity contribution in [1.29, 1.82) is 0 Å². The molecule has 6 nitrogen and oxygen atoms in total. The number of carbonyl (C=O) groups is 2. The van der Waals surface area contributed by atoms with Gasteiger partial charge in [-0.3, -0.25) is 9.59 Å². The zero-order chi connectivity index (χ0) is 19.9. The molecule has 0 aromatic heterocycles. The number of hydrogen-bond acceptors (Lipinski definition) is 4. The maximum Gasteiger partial charge on any atom is 0.255 e. The second-order valence-electron chi connectivity index (χ2n) is 6.11. The molecule has 3 aromatic carbocycles. The summed E-state index contributed by atoms with van der Waals surface area (Å²) in [4.78, 5) is 23.7. The molecule has 0 spiro atoms. The quantitative estimate of drug-likeness (QED) is 0.586. The lowest BCUT2D eigenvalue weighted by Gasteiger charge is -2.14. The fraction of sp³-hybridized carbons (Fsp3) is 0.0909. The van der Waals surface area contributed by atoms with Crippen molar-refractivity contribution in [3.8, 4) is 5.75 Å². The maximum absolute atomic E-state index is 12.6. The number of hydrogen-bond donors (Lipinski definition) is 3. The van der Waals surface area contributed by atoms with E-state index in [1.165, 1.54) is 6.92 Å². The molecule has 0 saturated heterocycles. The third kappa shape index (κ3) is 4.88. The summed E-state index contributed by atoms with van der Waals surface area (Å²) in [6.45, 7) is 1.44. The summed E-state index contributed by atoms with van der Waals surface area (Å²) >= 11 is 0. The van der Waals surface area contributed by atoms with E-state index in [1.54, 1.807) is 31.4 Å². The highest BCUT2D eigenvalue weighted by Crippen LogP contribution is 2.27. The zero-order valence-corrected chi connectivity index (χ0v) is 15.7. The van der Waals surface area contributed by atoms with Gasteiger partial charge in [0.1, 0.15) is 5.75 Å². The van der Waals surface area contributed by atoms with Crippen LogP contribution in [0.4, 0.5) is 22.7 Å². The van der Waals surface area contributed by atoms with Crippen LogP contribution in [-0.2, 0) is 4.79 Å². The van der Waals surface area contributed by atoms with Gasteiger partial charge < -0.3 is 20.7 Å². The second kappa shape index (κ2) is 8.73. The largest absolute Gasteiger partial charge is 0.497 e.